The number of hydrogen-bond donors (Lipinski definition) is 2. The molecule has 146 valence electrons. The zero-order valence-electron chi connectivity index (χ0n) is 16.2. The molecule has 0 aliphatic heterocycles. The molecule has 0 spiro atoms. The number of benzene rings is 2. The van der Waals surface area contributed by atoms with Crippen LogP contribution in [0.5, 0.6) is 0 Å². The van der Waals surface area contributed by atoms with Crippen LogP contribution in [0, 0.1) is 0 Å². The normalized spacial score (nSPS) is 16.7. The largest absolute Gasteiger partial charge is 0.481 e. The number of carboxylic acid groups (broad SMARTS) is 1. The molecule has 3 aromatic rings. The van der Waals surface area contributed by atoms with Crippen LogP contribution in [-0.2, 0) is 23.1 Å². The van der Waals surface area contributed by atoms with Crippen LogP contribution in [0.3, 0.4) is 0 Å². The zero-order chi connectivity index (χ0) is 19.8. The minimum atomic E-state index is -0.717. The van der Waals surface area contributed by atoms with E-state index in [2.05, 4.69) is 5.32 Å². The van der Waals surface area contributed by atoms with Crippen molar-refractivity contribution in [1.82, 2.24) is 9.97 Å². The lowest BCUT2D eigenvalue weighted by atomic mass is 9.64. The summed E-state index contributed by atoms with van der Waals surface area (Å²) in [5.41, 5.74) is 4.43. The maximum atomic E-state index is 11.7. The summed E-state index contributed by atoms with van der Waals surface area (Å²) in [6, 6.07) is 17.8. The van der Waals surface area contributed by atoms with Crippen LogP contribution in [-0.4, -0.2) is 21.0 Å². The molecule has 1 heterocycles. The molecular weight excluding hydrogens is 362 g/mol. The quantitative estimate of drug-likeness (QED) is 0.654. The van der Waals surface area contributed by atoms with Gasteiger partial charge in [-0.15, -0.1) is 0 Å². The van der Waals surface area contributed by atoms with Crippen molar-refractivity contribution in [2.75, 3.05) is 5.32 Å². The van der Waals surface area contributed by atoms with Gasteiger partial charge in [-0.3, -0.25) is 4.79 Å². The third kappa shape index (κ3) is 3.07. The summed E-state index contributed by atoms with van der Waals surface area (Å²) in [5, 5.41) is 13.1. The van der Waals surface area contributed by atoms with Gasteiger partial charge in [0, 0.05) is 22.5 Å². The highest BCUT2D eigenvalue weighted by Gasteiger charge is 2.45. The standard InChI is InChI=1S/C24H23N3O2/c28-23(29)24(14-5-15-24)17-10-12-18(13-11-17)25-22-19-8-4-9-20(19)26-21(27-22)16-6-2-1-3-7-16/h1-3,6-7,10-13H,4-5,8-9,14-15H2,(H,28,29)(H,25,26,27). The molecule has 1 saturated carbocycles. The number of fused-ring (bicyclic) bond motifs is 1. The number of rotatable bonds is 5. The number of aromatic nitrogens is 2. The lowest BCUT2D eigenvalue weighted by Gasteiger charge is -2.38. The first-order valence-corrected chi connectivity index (χ1v) is 10.2. The van der Waals surface area contributed by atoms with Crippen LogP contribution < -0.4 is 5.32 Å². The Morgan fingerprint density at radius 2 is 1.69 bits per heavy atom. The Labute approximate surface area is 169 Å². The summed E-state index contributed by atoms with van der Waals surface area (Å²) in [7, 11) is 0. The highest BCUT2D eigenvalue weighted by Crippen LogP contribution is 2.44. The van der Waals surface area contributed by atoms with E-state index in [1.54, 1.807) is 0 Å². The third-order valence-electron chi connectivity index (χ3n) is 6.28. The van der Waals surface area contributed by atoms with Crippen LogP contribution in [0.15, 0.2) is 54.6 Å². The monoisotopic (exact) mass is 385 g/mol. The minimum absolute atomic E-state index is 0.699. The molecule has 2 aliphatic carbocycles. The van der Waals surface area contributed by atoms with Gasteiger partial charge in [0.2, 0.25) is 0 Å². The molecule has 2 N–H and O–H groups in total. The number of nitrogens with zero attached hydrogens (tertiary/aromatic N) is 2. The molecule has 0 amide bonds. The van der Waals surface area contributed by atoms with E-state index in [-0.39, 0.29) is 0 Å². The van der Waals surface area contributed by atoms with E-state index in [1.807, 2.05) is 54.6 Å². The number of aryl methyl sites for hydroxylation is 1. The van der Waals surface area contributed by atoms with Gasteiger partial charge in [0.1, 0.15) is 5.82 Å². The molecule has 5 heteroatoms. The first-order chi connectivity index (χ1) is 14.2. The summed E-state index contributed by atoms with van der Waals surface area (Å²) in [6.07, 6.45) is 5.46. The predicted octanol–water partition coefficient (Wildman–Crippen LogP) is 4.88. The van der Waals surface area contributed by atoms with Crippen molar-refractivity contribution < 1.29 is 9.90 Å². The Kier molecular flexibility index (Phi) is 4.31. The molecule has 1 aromatic heterocycles. The van der Waals surface area contributed by atoms with Gasteiger partial charge in [0.25, 0.3) is 0 Å². The van der Waals surface area contributed by atoms with Crippen LogP contribution in [0.2, 0.25) is 0 Å². The Hall–Kier alpha value is -3.21. The fraction of sp³-hybridized carbons (Fsp3) is 0.292. The van der Waals surface area contributed by atoms with E-state index in [4.69, 9.17) is 9.97 Å². The number of nitrogens with one attached hydrogen (secondary N) is 1. The molecule has 0 saturated heterocycles. The molecule has 29 heavy (non-hydrogen) atoms. The van der Waals surface area contributed by atoms with Crippen molar-refractivity contribution in [1.29, 1.82) is 0 Å². The summed E-state index contributed by atoms with van der Waals surface area (Å²) in [5.74, 6) is 0.881. The maximum absolute atomic E-state index is 11.7. The van der Waals surface area contributed by atoms with Crippen molar-refractivity contribution in [3.63, 3.8) is 0 Å². The lowest BCUT2D eigenvalue weighted by Crippen LogP contribution is -2.42. The van der Waals surface area contributed by atoms with E-state index >= 15 is 0 Å². The van der Waals surface area contributed by atoms with Gasteiger partial charge in [-0.25, -0.2) is 9.97 Å². The Morgan fingerprint density at radius 3 is 2.34 bits per heavy atom. The highest BCUT2D eigenvalue weighted by atomic mass is 16.4. The molecule has 1 fully saturated rings. The number of anilines is 2. The maximum Gasteiger partial charge on any atom is 0.314 e. The second-order valence-corrected chi connectivity index (χ2v) is 7.98. The zero-order valence-corrected chi connectivity index (χ0v) is 16.2. The van der Waals surface area contributed by atoms with Crippen LogP contribution >= 0.6 is 0 Å². The summed E-state index contributed by atoms with van der Waals surface area (Å²) < 4.78 is 0. The first kappa shape index (κ1) is 17.9. The summed E-state index contributed by atoms with van der Waals surface area (Å²) in [6.45, 7) is 0. The smallest absolute Gasteiger partial charge is 0.314 e. The number of carbonyl (C=O) groups is 1. The van der Waals surface area contributed by atoms with Crippen molar-refractivity contribution in [2.24, 2.45) is 0 Å². The molecule has 0 bridgehead atoms. The van der Waals surface area contributed by atoms with E-state index < -0.39 is 11.4 Å². The number of carboxylic acids is 1. The summed E-state index contributed by atoms with van der Waals surface area (Å²) >= 11 is 0. The number of hydrogen-bond acceptors (Lipinski definition) is 4. The SMILES string of the molecule is O=C(O)C1(c2ccc(Nc3nc(-c4ccccc4)nc4c3CCC4)cc2)CCC1. The second kappa shape index (κ2) is 6.99. The average molecular weight is 385 g/mol. The molecule has 0 unspecified atom stereocenters. The van der Waals surface area contributed by atoms with Gasteiger partial charge in [0.15, 0.2) is 5.82 Å². The fourth-order valence-electron chi connectivity index (χ4n) is 4.42. The van der Waals surface area contributed by atoms with E-state index in [0.717, 1.165) is 72.7 Å². The molecular formula is C24H23N3O2. The van der Waals surface area contributed by atoms with Gasteiger partial charge >= 0.3 is 5.97 Å². The molecule has 2 aliphatic rings. The predicted molar refractivity (Wildman–Crippen MR) is 112 cm³/mol. The van der Waals surface area contributed by atoms with E-state index in [1.165, 1.54) is 5.56 Å². The Bertz CT molecular complexity index is 1060. The average Bonchev–Trinajstić information content (AvgIpc) is 3.18. The van der Waals surface area contributed by atoms with Gasteiger partial charge in [-0.2, -0.15) is 0 Å². The van der Waals surface area contributed by atoms with Crippen molar-refractivity contribution >= 4 is 17.5 Å². The molecule has 5 nitrogen and oxygen atoms in total. The lowest BCUT2D eigenvalue weighted by molar-refractivity contribution is -0.147. The molecule has 0 radical (unpaired) electrons. The van der Waals surface area contributed by atoms with E-state index in [9.17, 15) is 9.90 Å². The third-order valence-corrected chi connectivity index (χ3v) is 6.28. The second-order valence-electron chi connectivity index (χ2n) is 7.98. The van der Waals surface area contributed by atoms with Crippen molar-refractivity contribution in [3.05, 3.63) is 71.4 Å². The molecule has 5 rings (SSSR count). The number of aliphatic carboxylic acids is 1. The van der Waals surface area contributed by atoms with Crippen LogP contribution in [0.4, 0.5) is 11.5 Å². The first-order valence-electron chi connectivity index (χ1n) is 10.2. The van der Waals surface area contributed by atoms with Gasteiger partial charge in [0.05, 0.1) is 5.41 Å². The minimum Gasteiger partial charge on any atom is -0.481 e. The molecule has 0 atom stereocenters. The van der Waals surface area contributed by atoms with Crippen molar-refractivity contribution in [3.8, 4) is 11.4 Å². The van der Waals surface area contributed by atoms with Gasteiger partial charge in [-0.1, -0.05) is 48.9 Å². The van der Waals surface area contributed by atoms with Gasteiger partial charge in [-0.05, 0) is 49.8 Å². The fourth-order valence-corrected chi connectivity index (χ4v) is 4.42. The van der Waals surface area contributed by atoms with Gasteiger partial charge < -0.3 is 10.4 Å². The summed E-state index contributed by atoms with van der Waals surface area (Å²) in [4.78, 5) is 21.4. The van der Waals surface area contributed by atoms with Crippen LogP contribution in [0.1, 0.15) is 42.5 Å². The Morgan fingerprint density at radius 1 is 0.931 bits per heavy atom. The topological polar surface area (TPSA) is 75.1 Å². The molecule has 2 aromatic carbocycles. The highest BCUT2D eigenvalue weighted by molar-refractivity contribution is 5.83. The Balaban J connectivity index is 1.46. The van der Waals surface area contributed by atoms with Crippen molar-refractivity contribution in [2.45, 2.75) is 43.9 Å². The van der Waals surface area contributed by atoms with E-state index in [0.29, 0.717) is 0 Å². The van der Waals surface area contributed by atoms with Crippen LogP contribution in [0.25, 0.3) is 11.4 Å².